The number of aliphatic hydroxyl groups is 1. The molecule has 0 fully saturated rings. The number of fused-ring (bicyclic) bond motifs is 1. The van der Waals surface area contributed by atoms with Crippen LogP contribution in [0.15, 0.2) is 96.5 Å². The molecular formula is C25H18F4N2O3. The Morgan fingerprint density at radius 1 is 1.03 bits per heavy atom. The lowest BCUT2D eigenvalue weighted by Gasteiger charge is -2.34. The van der Waals surface area contributed by atoms with Gasteiger partial charge in [-0.1, -0.05) is 24.3 Å². The van der Waals surface area contributed by atoms with Crippen molar-refractivity contribution in [2.75, 3.05) is 0 Å². The molecular weight excluding hydrogens is 452 g/mol. The highest BCUT2D eigenvalue weighted by Gasteiger charge is 2.60. The van der Waals surface area contributed by atoms with E-state index in [9.17, 15) is 22.7 Å². The molecule has 3 aromatic rings. The molecule has 5 rings (SSSR count). The summed E-state index contributed by atoms with van der Waals surface area (Å²) in [6, 6.07) is 9.28. The molecule has 9 heteroatoms. The number of benzene rings is 2. The fourth-order valence-electron chi connectivity index (χ4n) is 3.92. The molecule has 0 saturated heterocycles. The molecule has 34 heavy (non-hydrogen) atoms. The standard InChI is InChI=1S/C25H18F4N2O3/c26-19-7-9-20(10-8-19)31-21-11-6-18(12-17(21)13-30-31)24(32,25(27,28)29)23-15-33-14-22(34-23)16-4-2-1-3-5-16/h1-2,4,6-15,32H,3,5H2. The maximum atomic E-state index is 14.3. The Bertz CT molecular complexity index is 1370. The highest BCUT2D eigenvalue weighted by Crippen LogP contribution is 2.47. The number of allylic oxidation sites excluding steroid dienone is 4. The summed E-state index contributed by atoms with van der Waals surface area (Å²) < 4.78 is 68.4. The lowest BCUT2D eigenvalue weighted by atomic mass is 9.90. The normalized spacial score (nSPS) is 17.9. The fourth-order valence-corrected chi connectivity index (χ4v) is 3.92. The van der Waals surface area contributed by atoms with Crippen molar-refractivity contribution < 1.29 is 32.1 Å². The van der Waals surface area contributed by atoms with Gasteiger partial charge in [-0.3, -0.25) is 0 Å². The van der Waals surface area contributed by atoms with Crippen LogP contribution in [-0.4, -0.2) is 21.1 Å². The minimum absolute atomic E-state index is 0.106. The first-order valence-electron chi connectivity index (χ1n) is 10.4. The summed E-state index contributed by atoms with van der Waals surface area (Å²) in [6.07, 6.45) is 4.93. The van der Waals surface area contributed by atoms with Crippen molar-refractivity contribution in [3.8, 4) is 5.69 Å². The summed E-state index contributed by atoms with van der Waals surface area (Å²) in [7, 11) is 0. The van der Waals surface area contributed by atoms with E-state index in [-0.39, 0.29) is 5.76 Å². The van der Waals surface area contributed by atoms with E-state index in [1.807, 2.05) is 6.08 Å². The largest absolute Gasteiger partial charge is 0.465 e. The van der Waals surface area contributed by atoms with Crippen molar-refractivity contribution in [3.63, 3.8) is 0 Å². The van der Waals surface area contributed by atoms with Crippen LogP contribution < -0.4 is 0 Å². The SMILES string of the molecule is OC(C1=COC=C(C2=CC=CCC2)O1)(c1ccc2c(cnn2-c2ccc(F)cc2)c1)C(F)(F)F. The van der Waals surface area contributed by atoms with E-state index in [1.54, 1.807) is 12.2 Å². The van der Waals surface area contributed by atoms with Crippen molar-refractivity contribution in [2.24, 2.45) is 0 Å². The number of halogens is 4. The third-order valence-electron chi connectivity index (χ3n) is 5.72. The maximum absolute atomic E-state index is 14.3. The summed E-state index contributed by atoms with van der Waals surface area (Å²) in [5.74, 6) is -1.11. The van der Waals surface area contributed by atoms with Gasteiger partial charge in [-0.2, -0.15) is 18.3 Å². The van der Waals surface area contributed by atoms with Crippen LogP contribution in [-0.2, 0) is 15.1 Å². The van der Waals surface area contributed by atoms with E-state index in [0.717, 1.165) is 12.3 Å². The van der Waals surface area contributed by atoms with Crippen molar-refractivity contribution in [3.05, 3.63) is 108 Å². The second-order valence-corrected chi connectivity index (χ2v) is 7.88. The summed E-state index contributed by atoms with van der Waals surface area (Å²) >= 11 is 0. The number of nitrogens with zero attached hydrogens (tertiary/aromatic N) is 2. The molecule has 0 radical (unpaired) electrons. The second kappa shape index (κ2) is 8.18. The van der Waals surface area contributed by atoms with Gasteiger partial charge in [0.2, 0.25) is 5.60 Å². The van der Waals surface area contributed by atoms with Crippen molar-refractivity contribution >= 4 is 10.9 Å². The smallest absolute Gasteiger partial charge is 0.429 e. The number of aromatic nitrogens is 2. The van der Waals surface area contributed by atoms with Gasteiger partial charge < -0.3 is 14.6 Å². The highest BCUT2D eigenvalue weighted by molar-refractivity contribution is 5.81. The Morgan fingerprint density at radius 2 is 1.82 bits per heavy atom. The summed E-state index contributed by atoms with van der Waals surface area (Å²) in [4.78, 5) is 0. The van der Waals surface area contributed by atoms with E-state index in [4.69, 9.17) is 9.47 Å². The van der Waals surface area contributed by atoms with Crippen molar-refractivity contribution in [1.82, 2.24) is 9.78 Å². The van der Waals surface area contributed by atoms with E-state index in [1.165, 1.54) is 53.5 Å². The van der Waals surface area contributed by atoms with Gasteiger partial charge in [-0.25, -0.2) is 9.07 Å². The predicted octanol–water partition coefficient (Wildman–Crippen LogP) is 5.92. The van der Waals surface area contributed by atoms with Crippen LogP contribution in [0.2, 0.25) is 0 Å². The number of ether oxygens (including phenoxy) is 2. The summed E-state index contributed by atoms with van der Waals surface area (Å²) in [5, 5.41) is 15.6. The maximum Gasteiger partial charge on any atom is 0.429 e. The Morgan fingerprint density at radius 3 is 2.53 bits per heavy atom. The molecule has 1 N–H and O–H groups in total. The molecule has 174 valence electrons. The molecule has 0 saturated carbocycles. The quantitative estimate of drug-likeness (QED) is 0.481. The second-order valence-electron chi connectivity index (χ2n) is 7.88. The average Bonchev–Trinajstić information content (AvgIpc) is 3.27. The zero-order chi connectivity index (χ0) is 23.9. The number of hydrogen-bond acceptors (Lipinski definition) is 4. The van der Waals surface area contributed by atoms with Crippen LogP contribution in [0.4, 0.5) is 17.6 Å². The molecule has 0 bridgehead atoms. The first kappa shape index (κ1) is 22.0. The van der Waals surface area contributed by atoms with Crippen molar-refractivity contribution in [1.29, 1.82) is 0 Å². The third kappa shape index (κ3) is 3.67. The van der Waals surface area contributed by atoms with Crippen LogP contribution in [0.25, 0.3) is 16.6 Å². The van der Waals surface area contributed by atoms with E-state index >= 15 is 0 Å². The number of hydrogen-bond donors (Lipinski definition) is 1. The predicted molar refractivity (Wildman–Crippen MR) is 116 cm³/mol. The van der Waals surface area contributed by atoms with Gasteiger partial charge in [-0.05, 0) is 54.8 Å². The van der Waals surface area contributed by atoms with E-state index < -0.39 is 28.9 Å². The molecule has 1 aromatic heterocycles. The Labute approximate surface area is 191 Å². The van der Waals surface area contributed by atoms with Gasteiger partial charge in [-0.15, -0.1) is 0 Å². The molecule has 2 aromatic carbocycles. The number of alkyl halides is 3. The van der Waals surface area contributed by atoms with Gasteiger partial charge in [0.25, 0.3) is 0 Å². The molecule has 1 atom stereocenters. The van der Waals surface area contributed by atoms with Crippen LogP contribution in [0.5, 0.6) is 0 Å². The number of rotatable bonds is 4. The topological polar surface area (TPSA) is 56.5 Å². The molecule has 2 heterocycles. The lowest BCUT2D eigenvalue weighted by Crippen LogP contribution is -2.45. The van der Waals surface area contributed by atoms with Gasteiger partial charge >= 0.3 is 6.18 Å². The highest BCUT2D eigenvalue weighted by atomic mass is 19.4. The molecule has 0 spiro atoms. The Balaban J connectivity index is 1.54. The molecule has 1 unspecified atom stereocenters. The van der Waals surface area contributed by atoms with Crippen LogP contribution in [0.1, 0.15) is 18.4 Å². The van der Waals surface area contributed by atoms with Crippen LogP contribution in [0, 0.1) is 5.82 Å². The molecule has 1 aliphatic carbocycles. The van der Waals surface area contributed by atoms with Gasteiger partial charge in [0.1, 0.15) is 18.3 Å². The fraction of sp³-hybridized carbons (Fsp3) is 0.160. The Hall–Kier alpha value is -3.85. The summed E-state index contributed by atoms with van der Waals surface area (Å²) in [6.45, 7) is 0. The van der Waals surface area contributed by atoms with Gasteiger partial charge in [0.05, 0.1) is 17.4 Å². The first-order valence-corrected chi connectivity index (χ1v) is 10.4. The zero-order valence-corrected chi connectivity index (χ0v) is 17.6. The molecule has 2 aliphatic rings. The van der Waals surface area contributed by atoms with Crippen molar-refractivity contribution in [2.45, 2.75) is 24.6 Å². The summed E-state index contributed by atoms with van der Waals surface area (Å²) in [5.41, 5.74) is -2.25. The lowest BCUT2D eigenvalue weighted by molar-refractivity contribution is -0.262. The molecule has 0 amide bonds. The molecule has 1 aliphatic heterocycles. The van der Waals surface area contributed by atoms with E-state index in [2.05, 4.69) is 5.10 Å². The first-order chi connectivity index (χ1) is 16.3. The van der Waals surface area contributed by atoms with Gasteiger partial charge in [0.15, 0.2) is 11.5 Å². The van der Waals surface area contributed by atoms with E-state index in [0.29, 0.717) is 35.0 Å². The Kier molecular flexibility index (Phi) is 5.28. The zero-order valence-electron chi connectivity index (χ0n) is 17.6. The van der Waals surface area contributed by atoms with Crippen LogP contribution in [0.3, 0.4) is 0 Å². The molecule has 5 nitrogen and oxygen atoms in total. The third-order valence-corrected chi connectivity index (χ3v) is 5.72. The van der Waals surface area contributed by atoms with Crippen LogP contribution >= 0.6 is 0 Å². The monoisotopic (exact) mass is 470 g/mol. The van der Waals surface area contributed by atoms with Gasteiger partial charge in [0, 0.05) is 10.9 Å². The average molecular weight is 470 g/mol. The minimum Gasteiger partial charge on any atom is -0.465 e. The minimum atomic E-state index is -5.12.